The highest BCUT2D eigenvalue weighted by molar-refractivity contribution is 7.99. The molecule has 1 aromatic heterocycles. The molecule has 0 amide bonds. The van der Waals surface area contributed by atoms with Crippen molar-refractivity contribution in [2.75, 3.05) is 68.0 Å². The maximum atomic E-state index is 13.0. The zero-order chi connectivity index (χ0) is 24.6. The van der Waals surface area contributed by atoms with Crippen LogP contribution in [0.4, 0.5) is 24.8 Å². The predicted molar refractivity (Wildman–Crippen MR) is 131 cm³/mol. The average molecular weight is 511 g/mol. The number of ether oxygens (including phenoxy) is 1. The fraction of sp³-hybridized carbons (Fsp3) is 0.667. The molecule has 0 radical (unpaired) electrons. The van der Waals surface area contributed by atoms with Crippen molar-refractivity contribution in [2.45, 2.75) is 36.6 Å². The number of nitrogens with zero attached hydrogens (tertiary/aromatic N) is 6. The number of anilines is 2. The standard InChI is InChI=1S/C24H33F3N6OS/c1-23-17-31(9-3-15-35-22-29-28-21(30(22)2)32-11-13-34-14-12-32)16-19(23)8-10-33(23)20-6-4-18(5-7-20)24(25,26)27/h4-7,19H,3,8-17H2,1-2H3/t19-,23?/m1/s1. The molecule has 192 valence electrons. The lowest BCUT2D eigenvalue weighted by atomic mass is 9.90. The smallest absolute Gasteiger partial charge is 0.378 e. The zero-order valence-corrected chi connectivity index (χ0v) is 21.1. The molecule has 2 aromatic rings. The van der Waals surface area contributed by atoms with Gasteiger partial charge in [0, 0.05) is 51.2 Å². The number of hydrogen-bond acceptors (Lipinski definition) is 7. The third kappa shape index (κ3) is 4.99. The van der Waals surface area contributed by atoms with E-state index in [-0.39, 0.29) is 5.54 Å². The Morgan fingerprint density at radius 2 is 1.86 bits per heavy atom. The topological polar surface area (TPSA) is 49.7 Å². The fourth-order valence-corrected chi connectivity index (χ4v) is 6.58. The summed E-state index contributed by atoms with van der Waals surface area (Å²) in [4.78, 5) is 7.04. The Balaban J connectivity index is 1.12. The number of benzene rings is 1. The summed E-state index contributed by atoms with van der Waals surface area (Å²) in [5.41, 5.74) is 0.259. The van der Waals surface area contributed by atoms with Crippen LogP contribution in [-0.4, -0.2) is 83.4 Å². The van der Waals surface area contributed by atoms with Crippen molar-refractivity contribution in [1.82, 2.24) is 19.7 Å². The number of rotatable bonds is 7. The SMILES string of the molecule is Cn1c(SCCCN2C[C@H]3CCN(c4ccc(C(F)(F)F)cc4)C3(C)C2)nnc1N1CCOCC1. The predicted octanol–water partition coefficient (Wildman–Crippen LogP) is 3.75. The summed E-state index contributed by atoms with van der Waals surface area (Å²) in [5, 5.41) is 9.70. The van der Waals surface area contributed by atoms with Crippen LogP contribution in [0.25, 0.3) is 0 Å². The first kappa shape index (κ1) is 24.7. The van der Waals surface area contributed by atoms with E-state index in [1.807, 2.05) is 7.05 Å². The molecule has 0 N–H and O–H groups in total. The molecule has 0 saturated carbocycles. The van der Waals surface area contributed by atoms with E-state index in [4.69, 9.17) is 4.74 Å². The Labute approximate surface area is 208 Å². The van der Waals surface area contributed by atoms with Gasteiger partial charge in [0.2, 0.25) is 5.95 Å². The Kier molecular flexibility index (Phi) is 6.93. The lowest BCUT2D eigenvalue weighted by Gasteiger charge is -2.37. The van der Waals surface area contributed by atoms with Gasteiger partial charge in [-0.05, 0) is 56.5 Å². The van der Waals surface area contributed by atoms with Gasteiger partial charge in [-0.1, -0.05) is 11.8 Å². The van der Waals surface area contributed by atoms with Gasteiger partial charge in [0.15, 0.2) is 5.16 Å². The van der Waals surface area contributed by atoms with Gasteiger partial charge >= 0.3 is 6.18 Å². The molecule has 11 heteroatoms. The summed E-state index contributed by atoms with van der Waals surface area (Å²) in [6.45, 7) is 9.29. The summed E-state index contributed by atoms with van der Waals surface area (Å²) in [5.74, 6) is 2.40. The summed E-state index contributed by atoms with van der Waals surface area (Å²) >= 11 is 1.74. The second-order valence-corrected chi connectivity index (χ2v) is 11.0. The number of hydrogen-bond donors (Lipinski definition) is 0. The summed E-state index contributed by atoms with van der Waals surface area (Å²) in [7, 11) is 2.02. The van der Waals surface area contributed by atoms with Crippen molar-refractivity contribution in [3.63, 3.8) is 0 Å². The van der Waals surface area contributed by atoms with E-state index in [2.05, 4.69) is 36.4 Å². The minimum Gasteiger partial charge on any atom is -0.378 e. The Morgan fingerprint density at radius 3 is 2.57 bits per heavy atom. The van der Waals surface area contributed by atoms with Crippen LogP contribution in [0.2, 0.25) is 0 Å². The van der Waals surface area contributed by atoms with Crippen molar-refractivity contribution in [3.8, 4) is 0 Å². The first-order chi connectivity index (χ1) is 16.8. The molecule has 0 spiro atoms. The van der Waals surface area contributed by atoms with Crippen molar-refractivity contribution < 1.29 is 17.9 Å². The maximum absolute atomic E-state index is 13.0. The highest BCUT2D eigenvalue weighted by atomic mass is 32.2. The summed E-state index contributed by atoms with van der Waals surface area (Å²) < 4.78 is 46.4. The number of morpholine rings is 1. The fourth-order valence-electron chi connectivity index (χ4n) is 5.75. The van der Waals surface area contributed by atoms with Crippen LogP contribution in [0, 0.1) is 5.92 Å². The lowest BCUT2D eigenvalue weighted by Crippen LogP contribution is -2.47. The molecule has 5 rings (SSSR count). The van der Waals surface area contributed by atoms with E-state index < -0.39 is 11.7 Å². The van der Waals surface area contributed by atoms with Crippen molar-refractivity contribution >= 4 is 23.4 Å². The molecular formula is C24H33F3N6OS. The third-order valence-corrected chi connectivity index (χ3v) is 8.79. The van der Waals surface area contributed by atoms with Gasteiger partial charge in [0.1, 0.15) is 0 Å². The molecule has 3 aliphatic heterocycles. The molecule has 3 fully saturated rings. The molecule has 7 nitrogen and oxygen atoms in total. The number of likely N-dealkylation sites (tertiary alicyclic amines) is 1. The molecule has 1 unspecified atom stereocenters. The van der Waals surface area contributed by atoms with Gasteiger partial charge < -0.3 is 19.4 Å². The average Bonchev–Trinajstić information content (AvgIpc) is 3.46. The van der Waals surface area contributed by atoms with Crippen LogP contribution >= 0.6 is 11.8 Å². The highest BCUT2D eigenvalue weighted by Crippen LogP contribution is 2.44. The second kappa shape index (κ2) is 9.82. The van der Waals surface area contributed by atoms with E-state index in [9.17, 15) is 13.2 Å². The monoisotopic (exact) mass is 510 g/mol. The van der Waals surface area contributed by atoms with E-state index in [0.717, 1.165) is 87.9 Å². The molecular weight excluding hydrogens is 477 g/mol. The van der Waals surface area contributed by atoms with Gasteiger partial charge in [-0.15, -0.1) is 10.2 Å². The van der Waals surface area contributed by atoms with E-state index >= 15 is 0 Å². The van der Waals surface area contributed by atoms with Gasteiger partial charge in [0.05, 0.1) is 24.3 Å². The lowest BCUT2D eigenvalue weighted by molar-refractivity contribution is -0.137. The first-order valence-corrected chi connectivity index (χ1v) is 13.3. The number of halogens is 3. The molecule has 2 atom stereocenters. The molecule has 35 heavy (non-hydrogen) atoms. The molecule has 1 aromatic carbocycles. The second-order valence-electron chi connectivity index (χ2n) is 9.92. The minimum atomic E-state index is -4.30. The van der Waals surface area contributed by atoms with Crippen molar-refractivity contribution in [3.05, 3.63) is 29.8 Å². The van der Waals surface area contributed by atoms with Gasteiger partial charge in [-0.2, -0.15) is 13.2 Å². The molecule has 3 aliphatic rings. The summed E-state index contributed by atoms with van der Waals surface area (Å²) in [6, 6.07) is 5.66. The van der Waals surface area contributed by atoms with Gasteiger partial charge in [-0.25, -0.2) is 0 Å². The summed E-state index contributed by atoms with van der Waals surface area (Å²) in [6.07, 6.45) is -2.17. The molecule has 0 bridgehead atoms. The minimum absolute atomic E-state index is 0.0382. The van der Waals surface area contributed by atoms with E-state index in [1.54, 1.807) is 23.9 Å². The van der Waals surface area contributed by atoms with Gasteiger partial charge in [-0.3, -0.25) is 4.57 Å². The molecule has 4 heterocycles. The number of aromatic nitrogens is 3. The van der Waals surface area contributed by atoms with Gasteiger partial charge in [0.25, 0.3) is 0 Å². The quantitative estimate of drug-likeness (QED) is 0.415. The maximum Gasteiger partial charge on any atom is 0.416 e. The first-order valence-electron chi connectivity index (χ1n) is 12.3. The number of fused-ring (bicyclic) bond motifs is 1. The van der Waals surface area contributed by atoms with E-state index in [1.165, 1.54) is 12.1 Å². The number of alkyl halides is 3. The van der Waals surface area contributed by atoms with Crippen LogP contribution < -0.4 is 9.80 Å². The van der Waals surface area contributed by atoms with Crippen molar-refractivity contribution in [2.24, 2.45) is 13.0 Å². The van der Waals surface area contributed by atoms with Crippen LogP contribution in [-0.2, 0) is 18.0 Å². The van der Waals surface area contributed by atoms with Crippen LogP contribution in [0.1, 0.15) is 25.3 Å². The Hall–Kier alpha value is -1.98. The van der Waals surface area contributed by atoms with E-state index in [0.29, 0.717) is 5.92 Å². The Morgan fingerprint density at radius 1 is 1.11 bits per heavy atom. The molecule has 3 saturated heterocycles. The molecule has 0 aliphatic carbocycles. The van der Waals surface area contributed by atoms with Crippen LogP contribution in [0.15, 0.2) is 29.4 Å². The highest BCUT2D eigenvalue weighted by Gasteiger charge is 2.50. The van der Waals surface area contributed by atoms with Crippen LogP contribution in [0.5, 0.6) is 0 Å². The number of thioether (sulfide) groups is 1. The third-order valence-electron chi connectivity index (χ3n) is 7.68. The van der Waals surface area contributed by atoms with Crippen LogP contribution in [0.3, 0.4) is 0 Å². The van der Waals surface area contributed by atoms with Crippen molar-refractivity contribution in [1.29, 1.82) is 0 Å². The Bertz CT molecular complexity index is 1010. The normalized spacial score (nSPS) is 25.5. The largest absolute Gasteiger partial charge is 0.416 e. The zero-order valence-electron chi connectivity index (χ0n) is 20.3.